The number of nitrogens with zero attached hydrogens (tertiary/aromatic N) is 3. The summed E-state index contributed by atoms with van der Waals surface area (Å²) in [4.78, 5) is 21.9. The lowest BCUT2D eigenvalue weighted by atomic mass is 10.0. The maximum atomic E-state index is 13.0. The third kappa shape index (κ3) is 4.57. The summed E-state index contributed by atoms with van der Waals surface area (Å²) < 4.78 is 66.9. The zero-order valence-corrected chi connectivity index (χ0v) is 14.7. The molecule has 1 unspecified atom stereocenters. The summed E-state index contributed by atoms with van der Waals surface area (Å²) in [7, 11) is 0. The van der Waals surface area contributed by atoms with Gasteiger partial charge in [-0.25, -0.2) is 18.7 Å². The Morgan fingerprint density at radius 2 is 2.11 bits per heavy atom. The molecule has 28 heavy (non-hydrogen) atoms. The monoisotopic (exact) mass is 404 g/mol. The molecule has 1 aromatic carbocycles. The summed E-state index contributed by atoms with van der Waals surface area (Å²) in [6.07, 6.45) is -6.44. The number of amides is 1. The van der Waals surface area contributed by atoms with Crippen molar-refractivity contribution in [1.82, 2.24) is 14.9 Å². The van der Waals surface area contributed by atoms with Crippen LogP contribution in [0.1, 0.15) is 19.8 Å². The average molecular weight is 404 g/mol. The van der Waals surface area contributed by atoms with Crippen molar-refractivity contribution in [2.45, 2.75) is 44.6 Å². The number of hydrogen-bond donors (Lipinski definition) is 1. The van der Waals surface area contributed by atoms with Crippen molar-refractivity contribution in [2.24, 2.45) is 0 Å². The summed E-state index contributed by atoms with van der Waals surface area (Å²) >= 11 is 0. The first-order valence-corrected chi connectivity index (χ1v) is 8.49. The number of likely N-dealkylation sites (tertiary alicyclic amines) is 1. The van der Waals surface area contributed by atoms with Gasteiger partial charge in [-0.2, -0.15) is 0 Å². The highest BCUT2D eigenvalue weighted by atomic mass is 19.4. The second kappa shape index (κ2) is 7.72. The minimum Gasteiger partial charge on any atom is -0.406 e. The zero-order valence-electron chi connectivity index (χ0n) is 14.7. The number of carbonyl (C=O) groups excluding carboxylic acids is 1. The Morgan fingerprint density at radius 1 is 1.36 bits per heavy atom. The number of ether oxygens (including phenoxy) is 1. The minimum atomic E-state index is -4.86. The predicted octanol–water partition coefficient (Wildman–Crippen LogP) is 3.58. The lowest BCUT2D eigenvalue weighted by molar-refractivity contribution is -0.274. The van der Waals surface area contributed by atoms with Gasteiger partial charge in [-0.3, -0.25) is 4.79 Å². The van der Waals surface area contributed by atoms with Crippen molar-refractivity contribution in [1.29, 1.82) is 0 Å². The van der Waals surface area contributed by atoms with Gasteiger partial charge in [-0.1, -0.05) is 0 Å². The van der Waals surface area contributed by atoms with Crippen molar-refractivity contribution in [3.05, 3.63) is 24.5 Å². The maximum absolute atomic E-state index is 13.0. The van der Waals surface area contributed by atoms with E-state index in [1.165, 1.54) is 11.0 Å². The van der Waals surface area contributed by atoms with Crippen LogP contribution < -0.4 is 10.1 Å². The van der Waals surface area contributed by atoms with E-state index in [9.17, 15) is 26.7 Å². The van der Waals surface area contributed by atoms with E-state index in [0.717, 1.165) is 24.9 Å². The van der Waals surface area contributed by atoms with E-state index in [1.54, 1.807) is 0 Å². The van der Waals surface area contributed by atoms with Gasteiger partial charge < -0.3 is 15.0 Å². The Labute approximate surface area is 156 Å². The van der Waals surface area contributed by atoms with E-state index < -0.39 is 36.9 Å². The Balaban J connectivity index is 1.87. The van der Waals surface area contributed by atoms with Crippen molar-refractivity contribution >= 4 is 22.6 Å². The number of carbonyl (C=O) groups is 1. The second-order valence-corrected chi connectivity index (χ2v) is 6.44. The topological polar surface area (TPSA) is 67.4 Å². The Hall–Kier alpha value is -2.72. The molecule has 152 valence electrons. The summed E-state index contributed by atoms with van der Waals surface area (Å²) in [5, 5.41) is 2.98. The van der Waals surface area contributed by atoms with Gasteiger partial charge in [-0.05, 0) is 25.5 Å². The number of rotatable bonds is 6. The van der Waals surface area contributed by atoms with Crippen LogP contribution in [0.25, 0.3) is 10.9 Å². The molecule has 1 amide bonds. The molecule has 2 heterocycles. The first-order valence-electron chi connectivity index (χ1n) is 8.49. The molecule has 1 N–H and O–H groups in total. The fraction of sp³-hybridized carbons (Fsp3) is 0.471. The predicted molar refractivity (Wildman–Crippen MR) is 90.0 cm³/mol. The van der Waals surface area contributed by atoms with E-state index in [-0.39, 0.29) is 22.8 Å². The average Bonchev–Trinajstić information content (AvgIpc) is 2.58. The molecule has 0 spiro atoms. The lowest BCUT2D eigenvalue weighted by Gasteiger charge is -2.41. The molecule has 11 heteroatoms. The van der Waals surface area contributed by atoms with Gasteiger partial charge in [0.1, 0.15) is 23.9 Å². The normalized spacial score (nSPS) is 18.1. The standard InChI is InChI=1S/C17H17F5N4O2/c1-9-4-5-26(9)16(27)13(7-14(18)19)25-15-11-3-2-10(28-17(20,21)22)6-12(11)23-8-24-15/h2-3,6,8-9,13-14H,4-5,7H2,1H3,(H,23,24,25)/t9-,13?/m0/s1. The van der Waals surface area contributed by atoms with Gasteiger partial charge in [0.05, 0.1) is 5.52 Å². The third-order valence-corrected chi connectivity index (χ3v) is 4.47. The number of fused-ring (bicyclic) bond motifs is 1. The quantitative estimate of drug-likeness (QED) is 0.746. The molecule has 6 nitrogen and oxygen atoms in total. The van der Waals surface area contributed by atoms with E-state index in [4.69, 9.17) is 0 Å². The number of hydrogen-bond acceptors (Lipinski definition) is 5. The number of alkyl halides is 5. The molecule has 0 bridgehead atoms. The first kappa shape index (κ1) is 20.0. The molecule has 1 aliphatic rings. The van der Waals surface area contributed by atoms with Crippen LogP contribution in [-0.4, -0.2) is 52.2 Å². The lowest BCUT2D eigenvalue weighted by Crippen LogP contribution is -2.55. The van der Waals surface area contributed by atoms with Crippen LogP contribution in [0.5, 0.6) is 5.75 Å². The van der Waals surface area contributed by atoms with Crippen molar-refractivity contribution in [3.63, 3.8) is 0 Å². The van der Waals surface area contributed by atoms with Crippen LogP contribution in [0, 0.1) is 0 Å². The van der Waals surface area contributed by atoms with E-state index >= 15 is 0 Å². The molecular formula is C17H17F5N4O2. The van der Waals surface area contributed by atoms with Gasteiger partial charge in [-0.15, -0.1) is 13.2 Å². The summed E-state index contributed by atoms with van der Waals surface area (Å²) in [6, 6.07) is 2.14. The Kier molecular flexibility index (Phi) is 5.52. The number of anilines is 1. The number of benzene rings is 1. The molecule has 1 fully saturated rings. The second-order valence-electron chi connectivity index (χ2n) is 6.44. The Morgan fingerprint density at radius 3 is 2.68 bits per heavy atom. The maximum Gasteiger partial charge on any atom is 0.573 e. The molecule has 1 aromatic heterocycles. The highest BCUT2D eigenvalue weighted by Gasteiger charge is 2.35. The number of nitrogens with one attached hydrogen (secondary N) is 1. The molecule has 0 aliphatic carbocycles. The SMILES string of the molecule is C[C@H]1CCN1C(=O)C(CC(F)F)Nc1ncnc2cc(OC(F)(F)F)ccc12. The molecule has 1 saturated heterocycles. The van der Waals surface area contributed by atoms with Gasteiger partial charge >= 0.3 is 6.36 Å². The molecule has 0 radical (unpaired) electrons. The van der Waals surface area contributed by atoms with E-state index in [0.29, 0.717) is 6.54 Å². The summed E-state index contributed by atoms with van der Waals surface area (Å²) in [6.45, 7) is 2.31. The van der Waals surface area contributed by atoms with Crippen molar-refractivity contribution in [2.75, 3.05) is 11.9 Å². The van der Waals surface area contributed by atoms with Gasteiger partial charge in [0.15, 0.2) is 0 Å². The molecular weight excluding hydrogens is 387 g/mol. The smallest absolute Gasteiger partial charge is 0.406 e. The van der Waals surface area contributed by atoms with Gasteiger partial charge in [0.2, 0.25) is 12.3 Å². The van der Waals surface area contributed by atoms with Crippen LogP contribution in [0.3, 0.4) is 0 Å². The summed E-state index contributed by atoms with van der Waals surface area (Å²) in [5.74, 6) is -0.863. The fourth-order valence-corrected chi connectivity index (χ4v) is 2.96. The van der Waals surface area contributed by atoms with Crippen molar-refractivity contribution < 1.29 is 31.5 Å². The van der Waals surface area contributed by atoms with Crippen molar-refractivity contribution in [3.8, 4) is 5.75 Å². The van der Waals surface area contributed by atoms with Crippen LogP contribution in [0.2, 0.25) is 0 Å². The Bertz CT molecular complexity index is 861. The van der Waals surface area contributed by atoms with Crippen LogP contribution in [-0.2, 0) is 4.79 Å². The summed E-state index contributed by atoms with van der Waals surface area (Å²) in [5.41, 5.74) is 0.111. The largest absolute Gasteiger partial charge is 0.573 e. The highest BCUT2D eigenvalue weighted by molar-refractivity contribution is 5.93. The van der Waals surface area contributed by atoms with Gasteiger partial charge in [0, 0.05) is 30.5 Å². The van der Waals surface area contributed by atoms with E-state index in [1.807, 2.05) is 6.92 Å². The number of aromatic nitrogens is 2. The highest BCUT2D eigenvalue weighted by Crippen LogP contribution is 2.29. The van der Waals surface area contributed by atoms with Gasteiger partial charge in [0.25, 0.3) is 0 Å². The molecule has 1 aliphatic heterocycles. The molecule has 2 atom stereocenters. The van der Waals surface area contributed by atoms with Crippen LogP contribution >= 0.6 is 0 Å². The first-order chi connectivity index (χ1) is 13.1. The molecule has 0 saturated carbocycles. The molecule has 3 rings (SSSR count). The zero-order chi connectivity index (χ0) is 20.5. The van der Waals surface area contributed by atoms with Crippen LogP contribution in [0.15, 0.2) is 24.5 Å². The van der Waals surface area contributed by atoms with Crippen LogP contribution in [0.4, 0.5) is 27.8 Å². The molecule has 2 aromatic rings. The minimum absolute atomic E-state index is 0.0290. The number of halogens is 5. The third-order valence-electron chi connectivity index (χ3n) is 4.47. The van der Waals surface area contributed by atoms with E-state index in [2.05, 4.69) is 20.0 Å². The fourth-order valence-electron chi connectivity index (χ4n) is 2.96.